The van der Waals surface area contributed by atoms with E-state index >= 15 is 0 Å². The van der Waals surface area contributed by atoms with Crippen LogP contribution < -0.4 is 10.6 Å². The molecule has 2 heterocycles. The lowest BCUT2D eigenvalue weighted by Gasteiger charge is -2.35. The molecule has 37 heavy (non-hydrogen) atoms. The second kappa shape index (κ2) is 13.5. The van der Waals surface area contributed by atoms with Gasteiger partial charge in [0.1, 0.15) is 6.61 Å². The van der Waals surface area contributed by atoms with Crippen molar-refractivity contribution in [3.63, 3.8) is 0 Å². The fourth-order valence-corrected chi connectivity index (χ4v) is 6.45. The number of carbonyl (C=O) groups is 1. The van der Waals surface area contributed by atoms with Gasteiger partial charge < -0.3 is 29.7 Å². The Kier molecular flexibility index (Phi) is 11.2. The van der Waals surface area contributed by atoms with Crippen LogP contribution in [0, 0.1) is 0 Å². The standard InChI is InChI=1S/C26H50N4O6S/c1-25(2,3)27-11-6-7-21-18-29(12-15-35-21)24(31)20-34-14-10-26(4,5)28-17-22-19-30(13-16-36-22)37(32,33)23-8-9-23/h21-23,27-28H,6-20H2,1-5H3. The third-order valence-corrected chi connectivity index (χ3v) is 9.53. The SMILES string of the molecule is CC(C)(C)NCCCC1CN(C(=O)COCCC(C)(C)NCC2CN(S(=O)(=O)C3CC3)CCO2)CCO1. The lowest BCUT2D eigenvalue weighted by Crippen LogP contribution is -2.52. The van der Waals surface area contributed by atoms with Gasteiger partial charge in [0.15, 0.2) is 0 Å². The number of sulfonamides is 1. The molecule has 11 heteroatoms. The number of hydrogen-bond donors (Lipinski definition) is 2. The van der Waals surface area contributed by atoms with Crippen LogP contribution >= 0.6 is 0 Å². The van der Waals surface area contributed by atoms with Gasteiger partial charge >= 0.3 is 0 Å². The number of rotatable bonds is 14. The fraction of sp³-hybridized carbons (Fsp3) is 0.962. The average Bonchev–Trinajstić information content (AvgIpc) is 3.69. The highest BCUT2D eigenvalue weighted by molar-refractivity contribution is 7.90. The maximum absolute atomic E-state index is 12.7. The van der Waals surface area contributed by atoms with E-state index in [1.54, 1.807) is 4.31 Å². The Morgan fingerprint density at radius 3 is 2.41 bits per heavy atom. The molecule has 2 unspecified atom stereocenters. The number of amides is 1. The summed E-state index contributed by atoms with van der Waals surface area (Å²) in [5.74, 6) is 0.0134. The summed E-state index contributed by atoms with van der Waals surface area (Å²) in [4.78, 5) is 14.5. The number of morpholine rings is 2. The molecule has 1 aliphatic carbocycles. The van der Waals surface area contributed by atoms with E-state index in [9.17, 15) is 13.2 Å². The van der Waals surface area contributed by atoms with Crippen molar-refractivity contribution < 1.29 is 27.4 Å². The van der Waals surface area contributed by atoms with Crippen molar-refractivity contribution in [2.45, 2.75) is 95.3 Å². The van der Waals surface area contributed by atoms with Gasteiger partial charge in [-0.25, -0.2) is 8.42 Å². The molecular weight excluding hydrogens is 496 g/mol. The van der Waals surface area contributed by atoms with Crippen molar-refractivity contribution in [3.05, 3.63) is 0 Å². The summed E-state index contributed by atoms with van der Waals surface area (Å²) in [7, 11) is -3.17. The molecular formula is C26H50N4O6S. The van der Waals surface area contributed by atoms with E-state index in [1.165, 1.54) is 0 Å². The monoisotopic (exact) mass is 546 g/mol. The molecule has 0 bridgehead atoms. The zero-order chi connectivity index (χ0) is 27.1. The molecule has 216 valence electrons. The van der Waals surface area contributed by atoms with Crippen molar-refractivity contribution >= 4 is 15.9 Å². The highest BCUT2D eigenvalue weighted by atomic mass is 32.2. The predicted molar refractivity (Wildman–Crippen MR) is 144 cm³/mol. The first-order chi connectivity index (χ1) is 17.4. The normalized spacial score (nSPS) is 24.4. The molecule has 2 saturated heterocycles. The molecule has 0 aromatic heterocycles. The van der Waals surface area contributed by atoms with Crippen LogP contribution in [0.3, 0.4) is 0 Å². The topological polar surface area (TPSA) is 109 Å². The first-order valence-electron chi connectivity index (χ1n) is 13.9. The first-order valence-corrected chi connectivity index (χ1v) is 15.4. The van der Waals surface area contributed by atoms with Gasteiger partial charge in [-0.05, 0) is 73.3 Å². The van der Waals surface area contributed by atoms with Gasteiger partial charge in [0.05, 0.1) is 30.7 Å². The van der Waals surface area contributed by atoms with Crippen LogP contribution in [0.2, 0.25) is 0 Å². The van der Waals surface area contributed by atoms with Crippen molar-refractivity contribution in [1.82, 2.24) is 19.8 Å². The molecule has 2 N–H and O–H groups in total. The van der Waals surface area contributed by atoms with Gasteiger partial charge in [0.2, 0.25) is 15.9 Å². The van der Waals surface area contributed by atoms with E-state index in [4.69, 9.17) is 14.2 Å². The van der Waals surface area contributed by atoms with Crippen molar-refractivity contribution in [1.29, 1.82) is 0 Å². The van der Waals surface area contributed by atoms with Crippen LogP contribution in [0.25, 0.3) is 0 Å². The first kappa shape index (κ1) is 30.7. The van der Waals surface area contributed by atoms with Crippen LogP contribution in [-0.2, 0) is 29.0 Å². The zero-order valence-electron chi connectivity index (χ0n) is 23.6. The zero-order valence-corrected chi connectivity index (χ0v) is 24.4. The van der Waals surface area contributed by atoms with Crippen molar-refractivity contribution in [3.8, 4) is 0 Å². The molecule has 2 aliphatic heterocycles. The number of nitrogens with one attached hydrogen (secondary N) is 2. The van der Waals surface area contributed by atoms with Crippen LogP contribution in [0.1, 0.15) is 66.7 Å². The molecule has 0 spiro atoms. The Labute approximate surface area is 224 Å². The highest BCUT2D eigenvalue weighted by Crippen LogP contribution is 2.31. The van der Waals surface area contributed by atoms with E-state index in [2.05, 4.69) is 45.3 Å². The Bertz CT molecular complexity index is 827. The van der Waals surface area contributed by atoms with Gasteiger partial charge in [-0.15, -0.1) is 0 Å². The lowest BCUT2D eigenvalue weighted by atomic mass is 10.0. The molecule has 1 amide bonds. The second-order valence-electron chi connectivity index (χ2n) is 12.3. The maximum Gasteiger partial charge on any atom is 0.248 e. The summed E-state index contributed by atoms with van der Waals surface area (Å²) in [6.07, 6.45) is 4.15. The predicted octanol–water partition coefficient (Wildman–Crippen LogP) is 1.35. The molecule has 0 radical (unpaired) electrons. The summed E-state index contributed by atoms with van der Waals surface area (Å²) in [5, 5.41) is 6.80. The van der Waals surface area contributed by atoms with Gasteiger partial charge in [-0.3, -0.25) is 4.79 Å². The van der Waals surface area contributed by atoms with Gasteiger partial charge in [-0.1, -0.05) is 0 Å². The minimum atomic E-state index is -3.17. The minimum absolute atomic E-state index is 0.0134. The maximum atomic E-state index is 12.7. The molecule has 3 rings (SSSR count). The van der Waals surface area contributed by atoms with Crippen molar-refractivity contribution in [2.24, 2.45) is 0 Å². The Morgan fingerprint density at radius 1 is 1.00 bits per heavy atom. The van der Waals surface area contributed by atoms with Crippen molar-refractivity contribution in [2.75, 3.05) is 65.7 Å². The molecule has 10 nitrogen and oxygen atoms in total. The summed E-state index contributed by atoms with van der Waals surface area (Å²) in [5.41, 5.74) is -0.115. The van der Waals surface area contributed by atoms with E-state index in [1.807, 2.05) is 4.90 Å². The molecule has 3 fully saturated rings. The molecule has 0 aromatic carbocycles. The third kappa shape index (κ3) is 10.7. The Hall–Kier alpha value is -0.820. The molecule has 0 aromatic rings. The second-order valence-corrected chi connectivity index (χ2v) is 14.5. The minimum Gasteiger partial charge on any atom is -0.375 e. The van der Waals surface area contributed by atoms with Crippen LogP contribution in [-0.4, -0.2) is 118 Å². The fourth-order valence-electron chi connectivity index (χ4n) is 4.59. The van der Waals surface area contributed by atoms with E-state index in [-0.39, 0.29) is 41.0 Å². The van der Waals surface area contributed by atoms with E-state index in [0.29, 0.717) is 52.5 Å². The van der Waals surface area contributed by atoms with Crippen LogP contribution in [0.4, 0.5) is 0 Å². The number of nitrogens with zero attached hydrogens (tertiary/aromatic N) is 2. The van der Waals surface area contributed by atoms with E-state index in [0.717, 1.165) is 38.6 Å². The van der Waals surface area contributed by atoms with Gasteiger partial charge in [0.25, 0.3) is 0 Å². The Morgan fingerprint density at radius 2 is 1.70 bits per heavy atom. The van der Waals surface area contributed by atoms with Gasteiger partial charge in [-0.2, -0.15) is 4.31 Å². The number of ether oxygens (including phenoxy) is 3. The van der Waals surface area contributed by atoms with Crippen LogP contribution in [0.15, 0.2) is 0 Å². The molecule has 1 saturated carbocycles. The van der Waals surface area contributed by atoms with Crippen LogP contribution in [0.5, 0.6) is 0 Å². The quantitative estimate of drug-likeness (QED) is 0.314. The molecule has 3 aliphatic rings. The molecule has 2 atom stereocenters. The smallest absolute Gasteiger partial charge is 0.248 e. The summed E-state index contributed by atoms with van der Waals surface area (Å²) >= 11 is 0. The highest BCUT2D eigenvalue weighted by Gasteiger charge is 2.42. The summed E-state index contributed by atoms with van der Waals surface area (Å²) in [6, 6.07) is 0. The number of carbonyl (C=O) groups excluding carboxylic acids is 1. The summed E-state index contributed by atoms with van der Waals surface area (Å²) < 4.78 is 44.1. The van der Waals surface area contributed by atoms with E-state index < -0.39 is 10.0 Å². The van der Waals surface area contributed by atoms with Gasteiger partial charge in [0, 0.05) is 50.4 Å². The third-order valence-electron chi connectivity index (χ3n) is 7.16. The largest absolute Gasteiger partial charge is 0.375 e. The average molecular weight is 547 g/mol. The Balaban J connectivity index is 1.29. The number of hydrogen-bond acceptors (Lipinski definition) is 8. The summed E-state index contributed by atoms with van der Waals surface area (Å²) in [6.45, 7) is 15.8. The lowest BCUT2D eigenvalue weighted by molar-refractivity contribution is -0.144.